The highest BCUT2D eigenvalue weighted by atomic mass is 16.5. The number of hydrazine groups is 1. The normalized spacial score (nSPS) is 10.2. The van der Waals surface area contributed by atoms with E-state index in [0.29, 0.717) is 41.6 Å². The first-order chi connectivity index (χ1) is 16.1. The summed E-state index contributed by atoms with van der Waals surface area (Å²) in [5.41, 5.74) is 6.48. The number of hydrogen-bond acceptors (Lipinski definition) is 6. The summed E-state index contributed by atoms with van der Waals surface area (Å²) in [6.45, 7) is 0.409. The van der Waals surface area contributed by atoms with Gasteiger partial charge in [0, 0.05) is 12.0 Å². The maximum atomic E-state index is 12.7. The zero-order valence-electron chi connectivity index (χ0n) is 18.7. The topological polar surface area (TPSA) is 95.1 Å². The molecule has 2 N–H and O–H groups in total. The van der Waals surface area contributed by atoms with Gasteiger partial charge in [0.15, 0.2) is 11.5 Å². The molecule has 0 saturated carbocycles. The number of benzene rings is 3. The Bertz CT molecular complexity index is 1080. The Kier molecular flexibility index (Phi) is 8.13. The molecule has 0 aliphatic carbocycles. The van der Waals surface area contributed by atoms with Gasteiger partial charge in [-0.05, 0) is 29.8 Å². The van der Waals surface area contributed by atoms with Crippen LogP contribution in [-0.4, -0.2) is 39.8 Å². The molecule has 0 spiro atoms. The number of ether oxygens (including phenoxy) is 4. The molecule has 0 fully saturated rings. The molecule has 0 unspecified atom stereocenters. The summed E-state index contributed by atoms with van der Waals surface area (Å²) >= 11 is 0. The lowest BCUT2D eigenvalue weighted by molar-refractivity contribution is 0.0844. The van der Waals surface area contributed by atoms with E-state index in [-0.39, 0.29) is 5.56 Å². The van der Waals surface area contributed by atoms with Gasteiger partial charge in [-0.15, -0.1) is 0 Å². The minimum Gasteiger partial charge on any atom is -0.493 e. The van der Waals surface area contributed by atoms with Crippen molar-refractivity contribution >= 4 is 11.8 Å². The SMILES string of the molecule is COc1cc(C(=O)NNC(=O)c2ccccc2OCCc2ccccc2)cc(OC)c1OC. The van der Waals surface area contributed by atoms with Crippen LogP contribution in [-0.2, 0) is 6.42 Å². The highest BCUT2D eigenvalue weighted by Gasteiger charge is 2.18. The molecule has 0 heterocycles. The molecule has 0 atom stereocenters. The van der Waals surface area contributed by atoms with Gasteiger partial charge >= 0.3 is 0 Å². The van der Waals surface area contributed by atoms with Crippen LogP contribution >= 0.6 is 0 Å². The molecule has 0 bridgehead atoms. The quantitative estimate of drug-likeness (QED) is 0.485. The molecule has 3 rings (SSSR count). The third-order valence-electron chi connectivity index (χ3n) is 4.84. The summed E-state index contributed by atoms with van der Waals surface area (Å²) < 4.78 is 21.6. The highest BCUT2D eigenvalue weighted by molar-refractivity contribution is 6.01. The van der Waals surface area contributed by atoms with Crippen LogP contribution in [0, 0.1) is 0 Å². The molecule has 3 aromatic carbocycles. The predicted molar refractivity (Wildman–Crippen MR) is 123 cm³/mol. The van der Waals surface area contributed by atoms with Crippen molar-refractivity contribution in [3.63, 3.8) is 0 Å². The van der Waals surface area contributed by atoms with E-state index < -0.39 is 11.8 Å². The van der Waals surface area contributed by atoms with Gasteiger partial charge in [0.1, 0.15) is 5.75 Å². The third kappa shape index (κ3) is 5.94. The van der Waals surface area contributed by atoms with Crippen molar-refractivity contribution in [2.75, 3.05) is 27.9 Å². The number of nitrogens with one attached hydrogen (secondary N) is 2. The second-order valence-electron chi connectivity index (χ2n) is 6.90. The van der Waals surface area contributed by atoms with Crippen molar-refractivity contribution in [3.05, 3.63) is 83.4 Å². The van der Waals surface area contributed by atoms with Crippen molar-refractivity contribution in [1.82, 2.24) is 10.9 Å². The Balaban J connectivity index is 1.64. The summed E-state index contributed by atoms with van der Waals surface area (Å²) in [7, 11) is 4.38. The van der Waals surface area contributed by atoms with E-state index in [1.54, 1.807) is 24.3 Å². The third-order valence-corrected chi connectivity index (χ3v) is 4.84. The average molecular weight is 450 g/mol. The van der Waals surface area contributed by atoms with Crippen LogP contribution in [0.3, 0.4) is 0 Å². The summed E-state index contributed by atoms with van der Waals surface area (Å²) in [6.07, 6.45) is 0.703. The maximum Gasteiger partial charge on any atom is 0.273 e. The number of amides is 2. The van der Waals surface area contributed by atoms with Gasteiger partial charge in [-0.3, -0.25) is 20.4 Å². The lowest BCUT2D eigenvalue weighted by Crippen LogP contribution is -2.41. The van der Waals surface area contributed by atoms with Crippen molar-refractivity contribution in [2.24, 2.45) is 0 Å². The summed E-state index contributed by atoms with van der Waals surface area (Å²) in [6, 6.07) is 19.7. The number of carbonyl (C=O) groups excluding carboxylic acids is 2. The first-order valence-corrected chi connectivity index (χ1v) is 10.2. The number of rotatable bonds is 9. The standard InChI is InChI=1S/C25H26N2O6/c1-30-21-15-18(16-22(31-2)23(21)32-3)24(28)26-27-25(29)19-11-7-8-12-20(19)33-14-13-17-9-5-4-6-10-17/h4-12,15-16H,13-14H2,1-3H3,(H,26,28)(H,27,29). The monoisotopic (exact) mass is 450 g/mol. The molecule has 8 nitrogen and oxygen atoms in total. The van der Waals surface area contributed by atoms with Crippen LogP contribution in [0.2, 0.25) is 0 Å². The molecule has 8 heteroatoms. The van der Waals surface area contributed by atoms with Crippen molar-refractivity contribution in [2.45, 2.75) is 6.42 Å². The molecular weight excluding hydrogens is 424 g/mol. The van der Waals surface area contributed by atoms with E-state index >= 15 is 0 Å². The van der Waals surface area contributed by atoms with E-state index in [1.807, 2.05) is 30.3 Å². The smallest absolute Gasteiger partial charge is 0.273 e. The second kappa shape index (κ2) is 11.4. The van der Waals surface area contributed by atoms with E-state index in [4.69, 9.17) is 18.9 Å². The lowest BCUT2D eigenvalue weighted by Gasteiger charge is -2.15. The molecule has 3 aromatic rings. The lowest BCUT2D eigenvalue weighted by atomic mass is 10.1. The summed E-state index contributed by atoms with van der Waals surface area (Å²) in [5.74, 6) is 0.377. The molecule has 0 saturated heterocycles. The molecule has 33 heavy (non-hydrogen) atoms. The Morgan fingerprint density at radius 2 is 1.33 bits per heavy atom. The molecular formula is C25H26N2O6. The van der Waals surface area contributed by atoms with Gasteiger partial charge < -0.3 is 18.9 Å². The molecule has 0 radical (unpaired) electrons. The zero-order valence-corrected chi connectivity index (χ0v) is 18.7. The Morgan fingerprint density at radius 1 is 0.727 bits per heavy atom. The van der Waals surface area contributed by atoms with Crippen molar-refractivity contribution < 1.29 is 28.5 Å². The van der Waals surface area contributed by atoms with E-state index in [2.05, 4.69) is 10.9 Å². The van der Waals surface area contributed by atoms with E-state index in [9.17, 15) is 9.59 Å². The Morgan fingerprint density at radius 3 is 1.97 bits per heavy atom. The predicted octanol–water partition coefficient (Wildman–Crippen LogP) is 3.41. The van der Waals surface area contributed by atoms with Crippen molar-refractivity contribution in [3.8, 4) is 23.0 Å². The van der Waals surface area contributed by atoms with Gasteiger partial charge in [-0.2, -0.15) is 0 Å². The molecule has 0 aromatic heterocycles. The fourth-order valence-corrected chi connectivity index (χ4v) is 3.17. The van der Waals surface area contributed by atoms with Crippen LogP contribution in [0.1, 0.15) is 26.3 Å². The number of methoxy groups -OCH3 is 3. The van der Waals surface area contributed by atoms with Crippen LogP contribution < -0.4 is 29.8 Å². The summed E-state index contributed by atoms with van der Waals surface area (Å²) in [5, 5.41) is 0. The van der Waals surface area contributed by atoms with Crippen LogP contribution in [0.5, 0.6) is 23.0 Å². The van der Waals surface area contributed by atoms with Gasteiger partial charge in [0.2, 0.25) is 5.75 Å². The fraction of sp³-hybridized carbons (Fsp3) is 0.200. The van der Waals surface area contributed by atoms with Gasteiger partial charge in [0.25, 0.3) is 11.8 Å². The van der Waals surface area contributed by atoms with Crippen LogP contribution in [0.4, 0.5) is 0 Å². The fourth-order valence-electron chi connectivity index (χ4n) is 3.17. The average Bonchev–Trinajstić information content (AvgIpc) is 2.87. The largest absolute Gasteiger partial charge is 0.493 e. The molecule has 172 valence electrons. The molecule has 0 aliphatic heterocycles. The second-order valence-corrected chi connectivity index (χ2v) is 6.90. The van der Waals surface area contributed by atoms with Gasteiger partial charge in [-0.25, -0.2) is 0 Å². The summed E-state index contributed by atoms with van der Waals surface area (Å²) in [4.78, 5) is 25.3. The van der Waals surface area contributed by atoms with E-state index in [1.165, 1.54) is 33.5 Å². The Labute approximate surface area is 192 Å². The van der Waals surface area contributed by atoms with Crippen molar-refractivity contribution in [1.29, 1.82) is 0 Å². The highest BCUT2D eigenvalue weighted by Crippen LogP contribution is 2.38. The number of carbonyl (C=O) groups is 2. The minimum atomic E-state index is -0.551. The first-order valence-electron chi connectivity index (χ1n) is 10.2. The van der Waals surface area contributed by atoms with Crippen LogP contribution in [0.25, 0.3) is 0 Å². The minimum absolute atomic E-state index is 0.220. The van der Waals surface area contributed by atoms with Gasteiger partial charge in [-0.1, -0.05) is 42.5 Å². The number of para-hydroxylation sites is 1. The zero-order chi connectivity index (χ0) is 23.6. The first kappa shape index (κ1) is 23.5. The Hall–Kier alpha value is -4.20. The van der Waals surface area contributed by atoms with Gasteiger partial charge in [0.05, 0.1) is 33.5 Å². The molecule has 0 aliphatic rings. The molecule has 2 amide bonds. The number of hydrogen-bond donors (Lipinski definition) is 2. The van der Waals surface area contributed by atoms with E-state index in [0.717, 1.165) is 5.56 Å². The maximum absolute atomic E-state index is 12.7. The van der Waals surface area contributed by atoms with Crippen LogP contribution in [0.15, 0.2) is 66.7 Å².